The van der Waals surface area contributed by atoms with Gasteiger partial charge in [-0.25, -0.2) is 0 Å². The van der Waals surface area contributed by atoms with Gasteiger partial charge >= 0.3 is 0 Å². The van der Waals surface area contributed by atoms with Gasteiger partial charge in [0.05, 0.1) is 50.2 Å². The molecule has 0 aromatic carbocycles. The highest BCUT2D eigenvalue weighted by Gasteiger charge is 2.52. The van der Waals surface area contributed by atoms with Crippen LogP contribution in [0.4, 0.5) is 0 Å². The summed E-state index contributed by atoms with van der Waals surface area (Å²) in [6, 6.07) is -1.95. The first-order valence-electron chi connectivity index (χ1n) is 14.0. The van der Waals surface area contributed by atoms with Crippen molar-refractivity contribution in [1.29, 1.82) is 5.41 Å². The summed E-state index contributed by atoms with van der Waals surface area (Å²) in [5.41, 5.74) is 10.0. The molecule has 0 spiro atoms. The summed E-state index contributed by atoms with van der Waals surface area (Å²) in [5.74, 6) is -0.794. The van der Waals surface area contributed by atoms with Crippen molar-refractivity contribution < 1.29 is 49.2 Å². The third-order valence-corrected chi connectivity index (χ3v) is 8.55. The zero-order chi connectivity index (χ0) is 29.2. The molecule has 232 valence electrons. The molecule has 0 aromatic rings. The van der Waals surface area contributed by atoms with Crippen LogP contribution in [0.15, 0.2) is 0 Å². The molecule has 1 saturated carbocycles. The summed E-state index contributed by atoms with van der Waals surface area (Å²) in [6.07, 6.45) is -5.40. The van der Waals surface area contributed by atoms with E-state index in [0.29, 0.717) is 25.9 Å². The quantitative estimate of drug-likeness (QED) is 0.0677. The van der Waals surface area contributed by atoms with Gasteiger partial charge in [-0.15, -0.1) is 0 Å². The summed E-state index contributed by atoms with van der Waals surface area (Å²) in [5, 5.41) is 66.9. The Morgan fingerprint density at radius 3 is 2.38 bits per heavy atom. The summed E-state index contributed by atoms with van der Waals surface area (Å²) in [6.45, 7) is 3.98. The first kappa shape index (κ1) is 31.9. The fourth-order valence-electron chi connectivity index (χ4n) is 5.51. The van der Waals surface area contributed by atoms with Crippen LogP contribution in [0.2, 0.25) is 0 Å². The lowest BCUT2D eigenvalue weighted by Crippen LogP contribution is -2.70. The van der Waals surface area contributed by atoms with E-state index in [9.17, 15) is 20.4 Å². The molecule has 40 heavy (non-hydrogen) atoms. The lowest BCUT2D eigenvalue weighted by Gasteiger charge is -2.49. The van der Waals surface area contributed by atoms with Gasteiger partial charge in [-0.05, 0) is 26.2 Å². The number of aliphatic hydroxyl groups excluding tert-OH is 3. The summed E-state index contributed by atoms with van der Waals surface area (Å²) >= 11 is 0. The van der Waals surface area contributed by atoms with E-state index in [1.54, 1.807) is 13.8 Å². The van der Waals surface area contributed by atoms with E-state index in [2.05, 4.69) is 10.6 Å². The van der Waals surface area contributed by atoms with Crippen LogP contribution in [0.25, 0.3) is 0 Å². The fraction of sp³-hybridized carbons (Fsp3) is 0.960. The van der Waals surface area contributed by atoms with Gasteiger partial charge in [0, 0.05) is 25.0 Å². The Labute approximate surface area is 233 Å². The molecule has 4 fully saturated rings. The van der Waals surface area contributed by atoms with Crippen molar-refractivity contribution in [3.63, 3.8) is 0 Å². The summed E-state index contributed by atoms with van der Waals surface area (Å²) in [7, 11) is 0. The van der Waals surface area contributed by atoms with Gasteiger partial charge in [-0.1, -0.05) is 6.92 Å². The number of hydrogen-bond donors (Lipinski definition) is 10. The molecule has 0 radical (unpaired) electrons. The predicted octanol–water partition coefficient (Wildman–Crippen LogP) is -3.94. The van der Waals surface area contributed by atoms with E-state index in [-0.39, 0.29) is 44.8 Å². The number of nitrogens with two attached hydrogens (primary N) is 2. The highest BCUT2D eigenvalue weighted by atomic mass is 16.7. The van der Waals surface area contributed by atoms with Gasteiger partial charge < -0.3 is 71.3 Å². The second-order valence-electron chi connectivity index (χ2n) is 11.9. The Hall–Kier alpha value is -1.05. The average molecular weight is 578 g/mol. The molecule has 3 heterocycles. The van der Waals surface area contributed by atoms with E-state index in [1.165, 1.54) is 0 Å². The number of ether oxygens (including phenoxy) is 5. The minimum Gasteiger partial charge on any atom is -0.395 e. The number of nitrogens with one attached hydrogen (secondary N) is 3. The maximum absolute atomic E-state index is 11.5. The predicted molar refractivity (Wildman–Crippen MR) is 140 cm³/mol. The van der Waals surface area contributed by atoms with Crippen molar-refractivity contribution in [3.8, 4) is 0 Å². The molecular weight excluding hydrogens is 530 g/mol. The van der Waals surface area contributed by atoms with Crippen LogP contribution in [0.3, 0.4) is 0 Å². The van der Waals surface area contributed by atoms with E-state index in [4.69, 9.17) is 45.7 Å². The fourth-order valence-corrected chi connectivity index (χ4v) is 5.51. The monoisotopic (exact) mass is 577 g/mol. The van der Waals surface area contributed by atoms with Crippen molar-refractivity contribution in [1.82, 2.24) is 10.6 Å². The average Bonchev–Trinajstić information content (AvgIpc) is 2.89. The second kappa shape index (κ2) is 13.1. The van der Waals surface area contributed by atoms with Crippen LogP contribution >= 0.6 is 0 Å². The molecule has 3 aliphatic heterocycles. The van der Waals surface area contributed by atoms with Gasteiger partial charge in [0.2, 0.25) is 0 Å². The molecule has 15 heteroatoms. The highest BCUT2D eigenvalue weighted by Crippen LogP contribution is 2.34. The van der Waals surface area contributed by atoms with Crippen LogP contribution < -0.4 is 22.1 Å². The minimum absolute atomic E-state index is 0.00346. The van der Waals surface area contributed by atoms with E-state index in [0.717, 1.165) is 0 Å². The molecule has 0 amide bonds. The topological polar surface area (TPSA) is 247 Å². The zero-order valence-corrected chi connectivity index (χ0v) is 23.1. The Morgan fingerprint density at radius 1 is 1.02 bits per heavy atom. The molecule has 4 aliphatic rings. The standard InChI is InChI=1S/C25H47N5O10/c1-12-17(32)22(37-9-24(12,2)34)40-20-16(30-23(28)25(35)10-36-11-25)7-15(27)19(18(20)33)39-21-14(26)4-3-13(38-21)8-29-5-6-31/h12-22,29,31-35H,3-11,26-27H2,1-2H3,(H2,28,30)/t12-,13+,14?,15+,16-,17?,18?,19?,20?,21-,22-,24?/m1/s1. The minimum atomic E-state index is -1.48. The molecule has 3 saturated heterocycles. The molecule has 0 aromatic heterocycles. The highest BCUT2D eigenvalue weighted by molar-refractivity contribution is 5.89. The van der Waals surface area contributed by atoms with E-state index < -0.39 is 72.2 Å². The van der Waals surface area contributed by atoms with Gasteiger partial charge in [0.15, 0.2) is 18.2 Å². The van der Waals surface area contributed by atoms with Gasteiger partial charge in [0.25, 0.3) is 0 Å². The van der Waals surface area contributed by atoms with Crippen molar-refractivity contribution in [2.75, 3.05) is 39.5 Å². The molecule has 4 rings (SSSR count). The Kier molecular flexibility index (Phi) is 10.4. The third kappa shape index (κ3) is 6.94. The Morgan fingerprint density at radius 2 is 1.73 bits per heavy atom. The number of aliphatic hydroxyl groups is 5. The summed E-state index contributed by atoms with van der Waals surface area (Å²) in [4.78, 5) is 0. The van der Waals surface area contributed by atoms with Crippen molar-refractivity contribution in [2.45, 2.75) is 106 Å². The van der Waals surface area contributed by atoms with Crippen molar-refractivity contribution in [3.05, 3.63) is 0 Å². The largest absolute Gasteiger partial charge is 0.395 e. The molecular formula is C25H47N5O10. The number of hydrogen-bond acceptors (Lipinski definition) is 14. The smallest absolute Gasteiger partial charge is 0.184 e. The third-order valence-electron chi connectivity index (χ3n) is 8.55. The zero-order valence-electron chi connectivity index (χ0n) is 23.1. The molecule has 15 nitrogen and oxygen atoms in total. The van der Waals surface area contributed by atoms with E-state index >= 15 is 0 Å². The lowest BCUT2D eigenvalue weighted by molar-refractivity contribution is -0.313. The van der Waals surface area contributed by atoms with Crippen molar-refractivity contribution in [2.24, 2.45) is 17.4 Å². The van der Waals surface area contributed by atoms with Crippen LogP contribution in [-0.4, -0.2) is 143 Å². The van der Waals surface area contributed by atoms with Crippen LogP contribution in [0.5, 0.6) is 0 Å². The second-order valence-corrected chi connectivity index (χ2v) is 11.9. The SMILES string of the molecule is C[C@@H]1C(O)[C@@H](OC2C(O)C(O[C@H]3O[C@H](CNCCO)CCC3N)[C@@H](N)C[C@H]2NC(=N)C2(O)COC2)OCC1(C)O. The molecule has 1 aliphatic carbocycles. The van der Waals surface area contributed by atoms with Crippen molar-refractivity contribution >= 4 is 5.84 Å². The van der Waals surface area contributed by atoms with Gasteiger partial charge in [-0.3, -0.25) is 5.41 Å². The Balaban J connectivity index is 1.49. The maximum atomic E-state index is 11.5. The maximum Gasteiger partial charge on any atom is 0.184 e. The number of rotatable bonds is 10. The molecule has 0 bridgehead atoms. The molecule has 12 N–H and O–H groups in total. The summed E-state index contributed by atoms with van der Waals surface area (Å²) < 4.78 is 29.1. The van der Waals surface area contributed by atoms with Gasteiger partial charge in [0.1, 0.15) is 30.3 Å². The van der Waals surface area contributed by atoms with Crippen LogP contribution in [0.1, 0.15) is 33.1 Å². The first-order chi connectivity index (χ1) is 18.9. The Bertz CT molecular complexity index is 851. The van der Waals surface area contributed by atoms with E-state index in [1.807, 2.05) is 0 Å². The lowest BCUT2D eigenvalue weighted by atomic mass is 9.82. The first-order valence-corrected chi connectivity index (χ1v) is 14.0. The number of amidine groups is 1. The molecule has 12 atom stereocenters. The normalized spacial score (nSPS) is 45.5. The van der Waals surface area contributed by atoms with Gasteiger partial charge in [-0.2, -0.15) is 0 Å². The molecule has 6 unspecified atom stereocenters. The van der Waals surface area contributed by atoms with Crippen LogP contribution in [0, 0.1) is 11.3 Å². The van der Waals surface area contributed by atoms with Crippen LogP contribution in [-0.2, 0) is 23.7 Å².